The van der Waals surface area contributed by atoms with Crippen LogP contribution in [0, 0.1) is 45.6 Å². The van der Waals surface area contributed by atoms with Crippen LogP contribution < -0.4 is 0 Å². The summed E-state index contributed by atoms with van der Waals surface area (Å²) in [7, 11) is 0. The number of imide groups is 1. The van der Waals surface area contributed by atoms with Crippen molar-refractivity contribution in [2.45, 2.75) is 6.42 Å². The topological polar surface area (TPSA) is 92.9 Å². The Balaban J connectivity index is 1.46. The summed E-state index contributed by atoms with van der Waals surface area (Å²) in [5, 5.41) is 16.0. The van der Waals surface area contributed by atoms with Gasteiger partial charge in [-0.3, -0.25) is 19.7 Å². The molecule has 6 rings (SSSR count). The highest BCUT2D eigenvalue weighted by Crippen LogP contribution is 2.65. The van der Waals surface area contributed by atoms with E-state index in [0.29, 0.717) is 11.8 Å². The van der Waals surface area contributed by atoms with Crippen molar-refractivity contribution in [2.75, 3.05) is 0 Å². The second-order valence-electron chi connectivity index (χ2n) is 7.20. The summed E-state index contributed by atoms with van der Waals surface area (Å²) >= 11 is 0. The van der Waals surface area contributed by atoms with Gasteiger partial charge in [0.25, 0.3) is 17.5 Å². The van der Waals surface area contributed by atoms with Crippen LogP contribution in [0.25, 0.3) is 0 Å². The predicted octanol–water partition coefficient (Wildman–Crippen LogP) is 1.98. The van der Waals surface area contributed by atoms with Gasteiger partial charge in [0.15, 0.2) is 0 Å². The molecule has 3 fully saturated rings. The van der Waals surface area contributed by atoms with Crippen LogP contribution >= 0.6 is 0 Å². The van der Waals surface area contributed by atoms with Gasteiger partial charge >= 0.3 is 0 Å². The van der Waals surface area contributed by atoms with E-state index in [0.717, 1.165) is 11.4 Å². The number of hydrogen-bond donors (Lipinski definition) is 0. The maximum absolute atomic E-state index is 12.8. The first-order valence-corrected chi connectivity index (χ1v) is 8.41. The van der Waals surface area contributed by atoms with E-state index in [4.69, 9.17) is 0 Å². The number of hydrogen-bond acceptors (Lipinski definition) is 5. The summed E-state index contributed by atoms with van der Waals surface area (Å²) in [4.78, 5) is 36.1. The second-order valence-corrected chi connectivity index (χ2v) is 7.20. The molecule has 0 aromatic heterocycles. The molecule has 7 heteroatoms. The Bertz CT molecular complexity index is 841. The quantitative estimate of drug-likeness (QED) is 0.277. The van der Waals surface area contributed by atoms with E-state index in [2.05, 4.69) is 17.3 Å². The Morgan fingerprint density at radius 1 is 1.08 bits per heavy atom. The number of nitro groups is 1. The number of amides is 2. The van der Waals surface area contributed by atoms with Gasteiger partial charge in [0.1, 0.15) is 0 Å². The maximum atomic E-state index is 12.8. The number of allylic oxidation sites excluding steroid dienone is 2. The zero-order valence-electron chi connectivity index (χ0n) is 13.2. The number of para-hydroxylation sites is 1. The SMILES string of the molecule is O=C1[C@H]2[C@@H]3C=C[C@H]([C@@H]4C[C@H]34)[C@@H]2C(=O)N1/N=C\c1ccccc1[N+](=O)[O-]. The van der Waals surface area contributed by atoms with Crippen molar-refractivity contribution in [3.05, 3.63) is 52.1 Å². The molecule has 6 atom stereocenters. The van der Waals surface area contributed by atoms with Crippen molar-refractivity contribution in [3.8, 4) is 0 Å². The zero-order valence-corrected chi connectivity index (χ0v) is 13.2. The fourth-order valence-electron chi connectivity index (χ4n) is 4.94. The molecule has 0 radical (unpaired) electrons. The summed E-state index contributed by atoms with van der Waals surface area (Å²) < 4.78 is 0. The second kappa shape index (κ2) is 4.84. The highest BCUT2D eigenvalue weighted by Gasteiger charge is 2.67. The average molecular weight is 337 g/mol. The molecule has 7 nitrogen and oxygen atoms in total. The lowest BCUT2D eigenvalue weighted by atomic mass is 9.63. The Morgan fingerprint density at radius 3 is 2.28 bits per heavy atom. The molecular weight excluding hydrogens is 322 g/mol. The predicted molar refractivity (Wildman–Crippen MR) is 87.2 cm³/mol. The molecule has 2 amide bonds. The molecule has 4 aliphatic carbocycles. The van der Waals surface area contributed by atoms with Crippen LogP contribution in [-0.4, -0.2) is 28.0 Å². The van der Waals surface area contributed by atoms with Gasteiger partial charge in [-0.1, -0.05) is 24.3 Å². The molecule has 1 aromatic carbocycles. The molecular formula is C18H15N3O4. The van der Waals surface area contributed by atoms with Crippen LogP contribution in [0.15, 0.2) is 41.5 Å². The highest BCUT2D eigenvalue weighted by molar-refractivity contribution is 6.06. The third kappa shape index (κ3) is 1.89. The molecule has 5 aliphatic rings. The Hall–Kier alpha value is -2.83. The van der Waals surface area contributed by atoms with E-state index >= 15 is 0 Å². The largest absolute Gasteiger partial charge is 0.278 e. The summed E-state index contributed by atoms with van der Waals surface area (Å²) in [5.74, 6) is 0.192. The van der Waals surface area contributed by atoms with Gasteiger partial charge < -0.3 is 0 Å². The zero-order chi connectivity index (χ0) is 17.3. The standard InChI is InChI=1S/C18H15N3O4/c22-17-15-10-5-6-11(13-7-12(10)13)16(15)18(23)20(17)19-8-9-3-1-2-4-14(9)21(24)25/h1-6,8,10-13,15-16H,7H2/b19-8-/t10-,11-,12-,13+,15+,16+/m1/s1. The number of rotatable bonds is 3. The lowest BCUT2D eigenvalue weighted by Crippen LogP contribution is -2.40. The molecule has 1 saturated heterocycles. The lowest BCUT2D eigenvalue weighted by Gasteiger charge is -2.37. The Kier molecular flexibility index (Phi) is 2.81. The first kappa shape index (κ1) is 14.5. The Morgan fingerprint density at radius 2 is 1.68 bits per heavy atom. The van der Waals surface area contributed by atoms with Crippen molar-refractivity contribution in [1.29, 1.82) is 0 Å². The number of hydrazone groups is 1. The maximum Gasteiger partial charge on any atom is 0.278 e. The first-order chi connectivity index (χ1) is 12.1. The normalized spacial score (nSPS) is 37.5. The van der Waals surface area contributed by atoms with Crippen molar-refractivity contribution < 1.29 is 14.5 Å². The molecule has 1 aromatic rings. The third-order valence-electron chi connectivity index (χ3n) is 6.09. The smallest absolute Gasteiger partial charge is 0.272 e. The van der Waals surface area contributed by atoms with Gasteiger partial charge in [0.05, 0.1) is 28.5 Å². The molecule has 1 aliphatic heterocycles. The van der Waals surface area contributed by atoms with E-state index in [9.17, 15) is 19.7 Å². The van der Waals surface area contributed by atoms with Crippen molar-refractivity contribution in [2.24, 2.45) is 40.6 Å². The summed E-state index contributed by atoms with van der Waals surface area (Å²) in [5.41, 5.74) is 0.164. The molecule has 0 unspecified atom stereocenters. The van der Waals surface area contributed by atoms with E-state index < -0.39 is 4.92 Å². The number of benzene rings is 1. The molecule has 25 heavy (non-hydrogen) atoms. The van der Waals surface area contributed by atoms with Crippen molar-refractivity contribution >= 4 is 23.7 Å². The number of nitrogens with zero attached hydrogens (tertiary/aromatic N) is 3. The van der Waals surface area contributed by atoms with E-state index in [1.807, 2.05) is 0 Å². The van der Waals surface area contributed by atoms with Crippen molar-refractivity contribution in [1.82, 2.24) is 5.01 Å². The fourth-order valence-corrected chi connectivity index (χ4v) is 4.94. The van der Waals surface area contributed by atoms with Crippen LogP contribution in [0.3, 0.4) is 0 Å². The van der Waals surface area contributed by atoms with E-state index in [1.165, 1.54) is 12.3 Å². The fraction of sp³-hybridized carbons (Fsp3) is 0.389. The summed E-state index contributed by atoms with van der Waals surface area (Å²) in [6.45, 7) is 0. The lowest BCUT2D eigenvalue weighted by molar-refractivity contribution is -0.385. The molecule has 2 saturated carbocycles. The number of nitro benzene ring substituents is 1. The molecule has 2 bridgehead atoms. The molecule has 126 valence electrons. The minimum atomic E-state index is -0.508. The van der Waals surface area contributed by atoms with Crippen LogP contribution in [0.5, 0.6) is 0 Å². The molecule has 0 spiro atoms. The number of carbonyl (C=O) groups is 2. The third-order valence-corrected chi connectivity index (χ3v) is 6.09. The Labute approximate surface area is 143 Å². The van der Waals surface area contributed by atoms with Crippen LogP contribution in [0.1, 0.15) is 12.0 Å². The van der Waals surface area contributed by atoms with Crippen LogP contribution in [-0.2, 0) is 9.59 Å². The van der Waals surface area contributed by atoms with Gasteiger partial charge in [-0.2, -0.15) is 10.1 Å². The minimum absolute atomic E-state index is 0.106. The summed E-state index contributed by atoms with van der Waals surface area (Å²) in [6.07, 6.45) is 6.54. The van der Waals surface area contributed by atoms with Crippen LogP contribution in [0.2, 0.25) is 0 Å². The van der Waals surface area contributed by atoms with E-state index in [-0.39, 0.29) is 46.7 Å². The van der Waals surface area contributed by atoms with Gasteiger partial charge in [-0.25, -0.2) is 0 Å². The van der Waals surface area contributed by atoms with Gasteiger partial charge in [-0.15, -0.1) is 0 Å². The molecule has 1 heterocycles. The van der Waals surface area contributed by atoms with Gasteiger partial charge in [0.2, 0.25) is 0 Å². The average Bonchev–Trinajstić information content (AvgIpc) is 3.39. The minimum Gasteiger partial charge on any atom is -0.272 e. The number of carbonyl (C=O) groups excluding carboxylic acids is 2. The summed E-state index contributed by atoms with van der Waals surface area (Å²) in [6, 6.07) is 6.12. The highest BCUT2D eigenvalue weighted by atomic mass is 16.6. The van der Waals surface area contributed by atoms with Gasteiger partial charge in [-0.05, 0) is 36.2 Å². The molecule has 0 N–H and O–H groups in total. The van der Waals surface area contributed by atoms with Crippen molar-refractivity contribution in [3.63, 3.8) is 0 Å². The van der Waals surface area contributed by atoms with Gasteiger partial charge in [0, 0.05) is 6.07 Å². The van der Waals surface area contributed by atoms with E-state index in [1.54, 1.807) is 18.2 Å². The first-order valence-electron chi connectivity index (χ1n) is 8.41. The monoisotopic (exact) mass is 337 g/mol. The van der Waals surface area contributed by atoms with Crippen LogP contribution in [0.4, 0.5) is 5.69 Å².